The van der Waals surface area contributed by atoms with E-state index in [1.807, 2.05) is 13.2 Å². The second kappa shape index (κ2) is 5.54. The summed E-state index contributed by atoms with van der Waals surface area (Å²) in [5.41, 5.74) is 2.31. The molecule has 2 heterocycles. The molecule has 1 unspecified atom stereocenters. The summed E-state index contributed by atoms with van der Waals surface area (Å²) < 4.78 is 0. The van der Waals surface area contributed by atoms with Gasteiger partial charge in [-0.25, -0.2) is 4.98 Å². The molecule has 5 heteroatoms. The fourth-order valence-corrected chi connectivity index (χ4v) is 1.71. The predicted molar refractivity (Wildman–Crippen MR) is 65.5 cm³/mol. The van der Waals surface area contributed by atoms with Gasteiger partial charge in [0.1, 0.15) is 12.2 Å². The summed E-state index contributed by atoms with van der Waals surface area (Å²) in [7, 11) is 1.91. The zero-order valence-corrected chi connectivity index (χ0v) is 10.1. The van der Waals surface area contributed by atoms with Crippen LogP contribution in [0.2, 0.25) is 0 Å². The molecular weight excluding hydrogens is 214 g/mol. The molecule has 0 spiro atoms. The Bertz CT molecular complexity index is 434. The Balaban J connectivity index is 2.07. The Kier molecular flexibility index (Phi) is 3.82. The summed E-state index contributed by atoms with van der Waals surface area (Å²) in [5, 5.41) is 9.95. The highest BCUT2D eigenvalue weighted by Gasteiger charge is 2.13. The number of nitrogens with one attached hydrogen (secondary N) is 2. The molecule has 0 fully saturated rings. The lowest BCUT2D eigenvalue weighted by Gasteiger charge is -2.12. The van der Waals surface area contributed by atoms with E-state index >= 15 is 0 Å². The van der Waals surface area contributed by atoms with Crippen molar-refractivity contribution in [2.75, 3.05) is 7.05 Å². The molecule has 0 saturated carbocycles. The minimum Gasteiger partial charge on any atom is -0.310 e. The van der Waals surface area contributed by atoms with Crippen molar-refractivity contribution in [3.05, 3.63) is 41.7 Å². The van der Waals surface area contributed by atoms with Crippen LogP contribution in [-0.2, 0) is 12.8 Å². The van der Waals surface area contributed by atoms with Gasteiger partial charge < -0.3 is 5.32 Å². The van der Waals surface area contributed by atoms with Gasteiger partial charge in [0.2, 0.25) is 0 Å². The van der Waals surface area contributed by atoms with Gasteiger partial charge in [0, 0.05) is 18.3 Å². The first kappa shape index (κ1) is 11.7. The van der Waals surface area contributed by atoms with Crippen molar-refractivity contribution in [2.45, 2.75) is 25.8 Å². The third-order valence-electron chi connectivity index (χ3n) is 2.82. The molecule has 0 aromatic carbocycles. The molecule has 2 N–H and O–H groups in total. The smallest absolute Gasteiger partial charge is 0.141 e. The van der Waals surface area contributed by atoms with Crippen molar-refractivity contribution in [3.8, 4) is 0 Å². The second-order valence-electron chi connectivity index (χ2n) is 3.93. The second-order valence-corrected chi connectivity index (χ2v) is 3.93. The van der Waals surface area contributed by atoms with Gasteiger partial charge in [-0.05, 0) is 25.1 Å². The van der Waals surface area contributed by atoms with Gasteiger partial charge in [0.25, 0.3) is 0 Å². The van der Waals surface area contributed by atoms with Gasteiger partial charge in [-0.3, -0.25) is 10.1 Å². The van der Waals surface area contributed by atoms with Crippen LogP contribution in [0.5, 0.6) is 0 Å². The number of hydrogen-bond acceptors (Lipinski definition) is 4. The first-order valence-electron chi connectivity index (χ1n) is 5.79. The lowest BCUT2D eigenvalue weighted by Crippen LogP contribution is -2.20. The van der Waals surface area contributed by atoms with E-state index in [2.05, 4.69) is 44.5 Å². The lowest BCUT2D eigenvalue weighted by atomic mass is 10.1. The fourth-order valence-electron chi connectivity index (χ4n) is 1.71. The lowest BCUT2D eigenvalue weighted by molar-refractivity contribution is 0.553. The summed E-state index contributed by atoms with van der Waals surface area (Å²) in [4.78, 5) is 8.61. The highest BCUT2D eigenvalue weighted by Crippen LogP contribution is 2.12. The maximum absolute atomic E-state index is 4.45. The number of rotatable bonds is 5. The monoisotopic (exact) mass is 231 g/mol. The number of likely N-dealkylation sites (N-methyl/N-ethyl adjacent to an activating group) is 1. The Morgan fingerprint density at radius 2 is 2.24 bits per heavy atom. The average Bonchev–Trinajstić information content (AvgIpc) is 2.90. The molecule has 0 aliphatic carbocycles. The van der Waals surface area contributed by atoms with E-state index in [1.54, 1.807) is 0 Å². The predicted octanol–water partition coefficient (Wildman–Crippen LogP) is 1.27. The van der Waals surface area contributed by atoms with E-state index in [0.29, 0.717) is 0 Å². The number of aromatic amines is 1. The SMILES string of the molecule is CCc1ccc(CC(NC)c2ncn[nH]2)nc1. The van der Waals surface area contributed by atoms with Gasteiger partial charge in [-0.15, -0.1) is 0 Å². The van der Waals surface area contributed by atoms with Crippen LogP contribution in [0, 0.1) is 0 Å². The molecular formula is C12H17N5. The number of H-pyrrole nitrogens is 1. The van der Waals surface area contributed by atoms with Gasteiger partial charge >= 0.3 is 0 Å². The highest BCUT2D eigenvalue weighted by atomic mass is 15.2. The third-order valence-corrected chi connectivity index (χ3v) is 2.82. The third kappa shape index (κ3) is 2.88. The largest absolute Gasteiger partial charge is 0.310 e. The van der Waals surface area contributed by atoms with E-state index in [9.17, 15) is 0 Å². The Hall–Kier alpha value is -1.75. The van der Waals surface area contributed by atoms with Gasteiger partial charge in [0.05, 0.1) is 6.04 Å². The number of nitrogens with zero attached hydrogens (tertiary/aromatic N) is 3. The zero-order valence-electron chi connectivity index (χ0n) is 10.1. The summed E-state index contributed by atoms with van der Waals surface area (Å²) in [6, 6.07) is 4.31. The summed E-state index contributed by atoms with van der Waals surface area (Å²) in [5.74, 6) is 0.842. The molecule has 0 aliphatic heterocycles. The van der Waals surface area contributed by atoms with Gasteiger partial charge in [0.15, 0.2) is 0 Å². The van der Waals surface area contributed by atoms with E-state index < -0.39 is 0 Å². The van der Waals surface area contributed by atoms with Crippen LogP contribution in [0.25, 0.3) is 0 Å². The molecule has 17 heavy (non-hydrogen) atoms. The molecule has 0 radical (unpaired) electrons. The van der Waals surface area contributed by atoms with E-state index in [0.717, 1.165) is 24.4 Å². The zero-order chi connectivity index (χ0) is 12.1. The number of hydrogen-bond donors (Lipinski definition) is 2. The molecule has 2 aromatic rings. The Morgan fingerprint density at radius 3 is 2.76 bits per heavy atom. The molecule has 90 valence electrons. The van der Waals surface area contributed by atoms with Crippen LogP contribution >= 0.6 is 0 Å². The van der Waals surface area contributed by atoms with Crippen molar-refractivity contribution < 1.29 is 0 Å². The maximum Gasteiger partial charge on any atom is 0.141 e. The molecule has 0 amide bonds. The first-order chi connectivity index (χ1) is 8.33. The quantitative estimate of drug-likeness (QED) is 0.813. The Morgan fingerprint density at radius 1 is 1.35 bits per heavy atom. The number of aromatic nitrogens is 4. The summed E-state index contributed by atoms with van der Waals surface area (Å²) >= 11 is 0. The average molecular weight is 231 g/mol. The molecule has 0 bridgehead atoms. The van der Waals surface area contributed by atoms with Crippen LogP contribution in [-0.4, -0.2) is 27.2 Å². The molecule has 0 aliphatic rings. The van der Waals surface area contributed by atoms with E-state index in [4.69, 9.17) is 0 Å². The van der Waals surface area contributed by atoms with Crippen LogP contribution in [0.4, 0.5) is 0 Å². The van der Waals surface area contributed by atoms with Gasteiger partial charge in [-0.2, -0.15) is 5.10 Å². The normalized spacial score (nSPS) is 12.6. The maximum atomic E-state index is 4.45. The number of pyridine rings is 1. The molecule has 2 rings (SSSR count). The van der Waals surface area contributed by atoms with Crippen LogP contribution in [0.15, 0.2) is 24.7 Å². The summed E-state index contributed by atoms with van der Waals surface area (Å²) in [6.07, 6.45) is 5.27. The van der Waals surface area contributed by atoms with Crippen molar-refractivity contribution in [3.63, 3.8) is 0 Å². The van der Waals surface area contributed by atoms with Crippen LogP contribution in [0.1, 0.15) is 30.0 Å². The van der Waals surface area contributed by atoms with Crippen LogP contribution in [0.3, 0.4) is 0 Å². The minimum absolute atomic E-state index is 0.123. The van der Waals surface area contributed by atoms with Gasteiger partial charge in [-0.1, -0.05) is 13.0 Å². The van der Waals surface area contributed by atoms with Crippen molar-refractivity contribution in [1.82, 2.24) is 25.5 Å². The Labute approximate surface area is 101 Å². The molecule has 1 atom stereocenters. The summed E-state index contributed by atoms with van der Waals surface area (Å²) in [6.45, 7) is 2.13. The topological polar surface area (TPSA) is 66.5 Å². The van der Waals surface area contributed by atoms with E-state index in [-0.39, 0.29) is 6.04 Å². The van der Waals surface area contributed by atoms with Crippen molar-refractivity contribution in [1.29, 1.82) is 0 Å². The fraction of sp³-hybridized carbons (Fsp3) is 0.417. The molecule has 2 aromatic heterocycles. The van der Waals surface area contributed by atoms with Crippen LogP contribution < -0.4 is 5.32 Å². The number of aryl methyl sites for hydroxylation is 1. The van der Waals surface area contributed by atoms with E-state index in [1.165, 1.54) is 11.9 Å². The standard InChI is InChI=1S/C12H17N5/c1-3-9-4-5-10(14-7-9)6-11(13-2)12-15-8-16-17-12/h4-5,7-8,11,13H,3,6H2,1-2H3,(H,15,16,17). The minimum atomic E-state index is 0.123. The van der Waals surface area contributed by atoms with Crippen molar-refractivity contribution >= 4 is 0 Å². The molecule has 5 nitrogen and oxygen atoms in total. The molecule has 0 saturated heterocycles. The first-order valence-corrected chi connectivity index (χ1v) is 5.79. The highest BCUT2D eigenvalue weighted by molar-refractivity contribution is 5.15. The van der Waals surface area contributed by atoms with Crippen molar-refractivity contribution in [2.24, 2.45) is 0 Å².